The number of rotatable bonds is 32. The SMILES string of the molecule is CCCCCC=CCC=CCC=CCCCCC(=O)SCCNC(=O)CCNC(=O)C(O)C(C)(C)COP(=O)(O)OP(=O)(O)OCC1OC(n2cnc3c(N)ncnc32)C(O)C1OP(=O)(O)O. The molecule has 378 valence electrons. The number of ether oxygens (including phenoxy) is 1. The minimum atomic E-state index is -5.58. The van der Waals surface area contributed by atoms with Gasteiger partial charge in [0, 0.05) is 37.1 Å². The third-order valence-corrected chi connectivity index (χ3v) is 13.8. The quantitative estimate of drug-likeness (QED) is 0.0281. The smallest absolute Gasteiger partial charge is 0.386 e. The second kappa shape index (κ2) is 28.4. The molecule has 1 aliphatic heterocycles. The van der Waals surface area contributed by atoms with Gasteiger partial charge in [0.05, 0.1) is 19.5 Å². The number of aliphatic hydroxyl groups excluding tert-OH is 2. The minimum absolute atomic E-state index is 0.0286. The molecule has 0 aliphatic carbocycles. The summed E-state index contributed by atoms with van der Waals surface area (Å²) in [6, 6.07) is 0. The van der Waals surface area contributed by atoms with E-state index in [0.717, 1.165) is 67.5 Å². The maximum absolute atomic E-state index is 12.7. The Morgan fingerprint density at radius 2 is 1.55 bits per heavy atom. The number of allylic oxidation sites excluding steroid dienone is 6. The van der Waals surface area contributed by atoms with Gasteiger partial charge in [0.15, 0.2) is 22.8 Å². The molecule has 67 heavy (non-hydrogen) atoms. The van der Waals surface area contributed by atoms with E-state index in [1.165, 1.54) is 33.1 Å². The zero-order valence-corrected chi connectivity index (χ0v) is 41.1. The van der Waals surface area contributed by atoms with Gasteiger partial charge in [-0.15, -0.1) is 0 Å². The fourth-order valence-electron chi connectivity index (χ4n) is 6.19. The number of carbonyl (C=O) groups excluding carboxylic acids is 3. The number of imidazole rings is 1. The van der Waals surface area contributed by atoms with Crippen molar-refractivity contribution in [2.24, 2.45) is 5.41 Å². The summed E-state index contributed by atoms with van der Waals surface area (Å²) in [6.45, 7) is 2.72. The molecule has 1 fully saturated rings. The van der Waals surface area contributed by atoms with Crippen molar-refractivity contribution < 1.29 is 80.5 Å². The summed E-state index contributed by atoms with van der Waals surface area (Å²) in [5.41, 5.74) is 4.28. The Labute approximate surface area is 393 Å². The van der Waals surface area contributed by atoms with E-state index >= 15 is 0 Å². The van der Waals surface area contributed by atoms with Crippen LogP contribution in [0.3, 0.4) is 0 Å². The normalized spacial score (nSPS) is 20.4. The van der Waals surface area contributed by atoms with Crippen LogP contribution in [0.4, 0.5) is 5.82 Å². The number of carbonyl (C=O) groups is 3. The first-order valence-electron chi connectivity index (χ1n) is 21.6. The molecule has 24 nitrogen and oxygen atoms in total. The number of thioether (sulfide) groups is 1. The number of nitrogens with zero attached hydrogens (tertiary/aromatic N) is 4. The molecule has 3 rings (SSSR count). The molecule has 7 atom stereocenters. The molecular weight excluding hydrogens is 963 g/mol. The standard InChI is InChI=1S/C39H64N7O17P3S/c1-4-5-6-7-8-9-10-11-12-13-14-15-16-17-18-19-30(48)67-23-22-41-29(47)20-21-42-37(51)34(50)39(2,3)25-60-66(57,58)63-65(55,56)59-24-28-33(62-64(52,53)54)32(49)38(61-28)46-27-45-31-35(40)43-26-44-36(31)46/h8-9,11-12,14-15,26-28,32-34,38,49-50H,4-7,10,13,16-25H2,1-3H3,(H,41,47)(H,42,51)(H,55,56)(H,57,58)(H2,40,43,44)(H2,52,53,54). The summed E-state index contributed by atoms with van der Waals surface area (Å²) >= 11 is 1.12. The predicted octanol–water partition coefficient (Wildman–Crippen LogP) is 4.25. The van der Waals surface area contributed by atoms with Gasteiger partial charge in [0.1, 0.15) is 36.3 Å². The van der Waals surface area contributed by atoms with Crippen molar-refractivity contribution in [3.8, 4) is 0 Å². The first-order valence-corrected chi connectivity index (χ1v) is 27.1. The van der Waals surface area contributed by atoms with E-state index in [2.05, 4.69) is 77.8 Å². The van der Waals surface area contributed by atoms with E-state index in [0.29, 0.717) is 12.2 Å². The maximum atomic E-state index is 12.7. The van der Waals surface area contributed by atoms with Crippen LogP contribution in [0.5, 0.6) is 0 Å². The van der Waals surface area contributed by atoms with Crippen LogP contribution in [0, 0.1) is 5.41 Å². The highest BCUT2D eigenvalue weighted by molar-refractivity contribution is 8.13. The lowest BCUT2D eigenvalue weighted by Crippen LogP contribution is -2.46. The third kappa shape index (κ3) is 21.5. The highest BCUT2D eigenvalue weighted by Gasteiger charge is 2.50. The summed E-state index contributed by atoms with van der Waals surface area (Å²) in [7, 11) is -16.4. The number of amides is 2. The average molecular weight is 1030 g/mol. The number of nitrogens with two attached hydrogens (primary N) is 1. The van der Waals surface area contributed by atoms with E-state index in [9.17, 15) is 57.9 Å². The van der Waals surface area contributed by atoms with Crippen molar-refractivity contribution in [3.63, 3.8) is 0 Å². The van der Waals surface area contributed by atoms with Gasteiger partial charge < -0.3 is 50.9 Å². The number of anilines is 1. The van der Waals surface area contributed by atoms with Gasteiger partial charge >= 0.3 is 23.5 Å². The molecule has 7 unspecified atom stereocenters. The molecule has 0 radical (unpaired) electrons. The van der Waals surface area contributed by atoms with Crippen molar-refractivity contribution >= 4 is 69.1 Å². The van der Waals surface area contributed by atoms with Crippen LogP contribution in [0.1, 0.15) is 97.6 Å². The first kappa shape index (κ1) is 58.1. The number of aromatic nitrogens is 4. The number of nitrogens with one attached hydrogen (secondary N) is 2. The zero-order valence-electron chi connectivity index (χ0n) is 37.6. The molecule has 28 heteroatoms. The number of nitrogen functional groups attached to an aromatic ring is 1. The third-order valence-electron chi connectivity index (χ3n) is 9.79. The number of aliphatic hydroxyl groups is 2. The van der Waals surface area contributed by atoms with E-state index in [-0.39, 0.29) is 41.6 Å². The van der Waals surface area contributed by atoms with Crippen LogP contribution in [-0.4, -0.2) is 123 Å². The van der Waals surface area contributed by atoms with Crippen molar-refractivity contribution in [2.75, 3.05) is 37.8 Å². The number of unbranched alkanes of at least 4 members (excludes halogenated alkanes) is 5. The van der Waals surface area contributed by atoms with E-state index in [1.54, 1.807) is 0 Å². The van der Waals surface area contributed by atoms with Crippen LogP contribution in [0.2, 0.25) is 0 Å². The molecule has 0 spiro atoms. The molecule has 2 amide bonds. The van der Waals surface area contributed by atoms with Gasteiger partial charge in [-0.05, 0) is 44.9 Å². The molecule has 2 aromatic rings. The van der Waals surface area contributed by atoms with Crippen LogP contribution >= 0.6 is 35.2 Å². The van der Waals surface area contributed by atoms with E-state index in [4.69, 9.17) is 19.5 Å². The Morgan fingerprint density at radius 1 is 0.910 bits per heavy atom. The Hall–Kier alpha value is -3.22. The van der Waals surface area contributed by atoms with Crippen LogP contribution < -0.4 is 16.4 Å². The lowest BCUT2D eigenvalue weighted by molar-refractivity contribution is -0.137. The molecule has 2 aromatic heterocycles. The van der Waals surface area contributed by atoms with Crippen molar-refractivity contribution in [2.45, 2.75) is 122 Å². The van der Waals surface area contributed by atoms with E-state index in [1.807, 2.05) is 0 Å². The molecule has 1 saturated heterocycles. The Kier molecular flexibility index (Phi) is 24.7. The molecule has 10 N–H and O–H groups in total. The Morgan fingerprint density at radius 3 is 2.21 bits per heavy atom. The predicted molar refractivity (Wildman–Crippen MR) is 246 cm³/mol. The molecule has 0 saturated carbocycles. The number of hydrogen-bond donors (Lipinski definition) is 9. The molecule has 1 aliphatic rings. The van der Waals surface area contributed by atoms with Crippen molar-refractivity contribution in [1.29, 1.82) is 0 Å². The lowest BCUT2D eigenvalue weighted by atomic mass is 9.87. The summed E-state index contributed by atoms with van der Waals surface area (Å²) < 4.78 is 62.4. The fraction of sp³-hybridized carbons (Fsp3) is 0.641. The van der Waals surface area contributed by atoms with Gasteiger partial charge in [0.25, 0.3) is 0 Å². The highest BCUT2D eigenvalue weighted by Crippen LogP contribution is 2.61. The van der Waals surface area contributed by atoms with Gasteiger partial charge in [-0.1, -0.05) is 81.8 Å². The molecule has 0 bridgehead atoms. The average Bonchev–Trinajstić information content (AvgIpc) is 3.81. The fourth-order valence-corrected chi connectivity index (χ4v) is 9.74. The van der Waals surface area contributed by atoms with Gasteiger partial charge in [-0.2, -0.15) is 4.31 Å². The molecular formula is C39H64N7O17P3S. The topological polar surface area (TPSA) is 364 Å². The van der Waals surface area contributed by atoms with Gasteiger partial charge in [-0.3, -0.25) is 32.5 Å². The van der Waals surface area contributed by atoms with Gasteiger partial charge in [0.2, 0.25) is 11.8 Å². The number of phosphoric ester groups is 3. The van der Waals surface area contributed by atoms with Crippen molar-refractivity contribution in [3.05, 3.63) is 49.1 Å². The molecule has 0 aromatic carbocycles. The Balaban J connectivity index is 1.32. The van der Waals surface area contributed by atoms with Crippen LogP contribution in [-0.2, 0) is 50.7 Å². The van der Waals surface area contributed by atoms with Crippen LogP contribution in [0.25, 0.3) is 11.2 Å². The summed E-state index contributed by atoms with van der Waals surface area (Å²) in [4.78, 5) is 88.3. The number of hydrogen-bond acceptors (Lipinski definition) is 18. The molecule has 3 heterocycles. The number of fused-ring (bicyclic) bond motifs is 1. The largest absolute Gasteiger partial charge is 0.481 e. The second-order valence-electron chi connectivity index (χ2n) is 15.9. The lowest BCUT2D eigenvalue weighted by Gasteiger charge is -2.30. The Bertz CT molecular complexity index is 2140. The summed E-state index contributed by atoms with van der Waals surface area (Å²) in [5, 5.41) is 26.6. The number of phosphoric acid groups is 3. The second-order valence-corrected chi connectivity index (χ2v) is 21.3. The minimum Gasteiger partial charge on any atom is -0.386 e. The monoisotopic (exact) mass is 1030 g/mol. The van der Waals surface area contributed by atoms with Crippen LogP contribution in [0.15, 0.2) is 49.1 Å². The summed E-state index contributed by atoms with van der Waals surface area (Å²) in [6.07, 6.45) is 15.7. The maximum Gasteiger partial charge on any atom is 0.481 e. The van der Waals surface area contributed by atoms with E-state index < -0.39 is 84.6 Å². The first-order chi connectivity index (χ1) is 31.6. The summed E-state index contributed by atoms with van der Waals surface area (Å²) in [5.74, 6) is -1.07. The van der Waals surface area contributed by atoms with Gasteiger partial charge in [-0.25, -0.2) is 28.6 Å². The van der Waals surface area contributed by atoms with Crippen molar-refractivity contribution in [1.82, 2.24) is 30.2 Å². The highest BCUT2D eigenvalue weighted by atomic mass is 32.2. The zero-order chi connectivity index (χ0) is 49.7.